The van der Waals surface area contributed by atoms with Gasteiger partial charge in [0.1, 0.15) is 0 Å². The van der Waals surface area contributed by atoms with Gasteiger partial charge in [0, 0.05) is 24.0 Å². The molecule has 90 valence electrons. The Morgan fingerprint density at radius 3 is 2.35 bits per heavy atom. The van der Waals surface area contributed by atoms with Gasteiger partial charge in [-0.3, -0.25) is 4.57 Å². The molecule has 0 aliphatic rings. The Morgan fingerprint density at radius 1 is 1.24 bits per heavy atom. The van der Waals surface area contributed by atoms with Gasteiger partial charge in [0.15, 0.2) is 22.2 Å². The summed E-state index contributed by atoms with van der Waals surface area (Å²) in [6.07, 6.45) is 2.29. The third-order valence-electron chi connectivity index (χ3n) is 2.44. The van der Waals surface area contributed by atoms with E-state index in [1.165, 1.54) is 4.57 Å². The van der Waals surface area contributed by atoms with Gasteiger partial charge in [0.25, 0.3) is 0 Å². The summed E-state index contributed by atoms with van der Waals surface area (Å²) in [5.74, 6) is -3.94. The van der Waals surface area contributed by atoms with E-state index < -0.39 is 17.5 Å². The van der Waals surface area contributed by atoms with Gasteiger partial charge in [-0.2, -0.15) is 0 Å². The second kappa shape index (κ2) is 4.37. The number of halogens is 3. The summed E-state index contributed by atoms with van der Waals surface area (Å²) in [5, 5.41) is 0. The summed E-state index contributed by atoms with van der Waals surface area (Å²) >= 11 is 5.01. The number of imidazole rings is 1. The minimum absolute atomic E-state index is 0.171. The lowest BCUT2D eigenvalue weighted by Crippen LogP contribution is -2.02. The quantitative estimate of drug-likeness (QED) is 0.645. The van der Waals surface area contributed by atoms with Crippen molar-refractivity contribution >= 4 is 12.2 Å². The summed E-state index contributed by atoms with van der Waals surface area (Å²) in [5.41, 5.74) is 0.935. The van der Waals surface area contributed by atoms with E-state index in [-0.39, 0.29) is 5.69 Å². The standard InChI is InChI=1S/C11H9F3N2S/c1-2-6-5-15-11(17)16(6)7-3-8(12)10(14)9(13)4-7/h3-5H,2H2,1H3,(H,15,17). The molecule has 0 amide bonds. The molecule has 0 saturated heterocycles. The number of nitrogens with one attached hydrogen (secondary N) is 1. The SMILES string of the molecule is CCc1c[nH]c(=S)n1-c1cc(F)c(F)c(F)c1. The van der Waals surface area contributed by atoms with Gasteiger partial charge in [0.2, 0.25) is 0 Å². The van der Waals surface area contributed by atoms with Crippen molar-refractivity contribution in [3.05, 3.63) is 46.2 Å². The van der Waals surface area contributed by atoms with Crippen molar-refractivity contribution in [1.29, 1.82) is 0 Å². The van der Waals surface area contributed by atoms with Crippen molar-refractivity contribution in [2.45, 2.75) is 13.3 Å². The van der Waals surface area contributed by atoms with Gasteiger partial charge < -0.3 is 4.98 Å². The molecule has 0 aliphatic carbocycles. The lowest BCUT2D eigenvalue weighted by Gasteiger charge is -2.07. The average Bonchev–Trinajstić information content (AvgIpc) is 2.66. The highest BCUT2D eigenvalue weighted by Crippen LogP contribution is 2.19. The van der Waals surface area contributed by atoms with Crippen LogP contribution in [0.3, 0.4) is 0 Å². The Morgan fingerprint density at radius 2 is 1.82 bits per heavy atom. The molecular weight excluding hydrogens is 249 g/mol. The molecule has 0 unspecified atom stereocenters. The van der Waals surface area contributed by atoms with Crippen LogP contribution in [0.25, 0.3) is 5.69 Å². The highest BCUT2D eigenvalue weighted by molar-refractivity contribution is 7.71. The summed E-state index contributed by atoms with van der Waals surface area (Å²) < 4.78 is 40.9. The van der Waals surface area contributed by atoms with Crippen molar-refractivity contribution in [2.24, 2.45) is 0 Å². The summed E-state index contributed by atoms with van der Waals surface area (Å²) in [7, 11) is 0. The van der Waals surface area contributed by atoms with Crippen molar-refractivity contribution in [2.75, 3.05) is 0 Å². The van der Waals surface area contributed by atoms with E-state index in [9.17, 15) is 13.2 Å². The van der Waals surface area contributed by atoms with Crippen molar-refractivity contribution in [3.63, 3.8) is 0 Å². The zero-order valence-electron chi connectivity index (χ0n) is 8.93. The topological polar surface area (TPSA) is 20.7 Å². The van der Waals surface area contributed by atoms with Crippen LogP contribution in [-0.4, -0.2) is 9.55 Å². The molecule has 0 atom stereocenters. The summed E-state index contributed by atoms with van der Waals surface area (Å²) in [6.45, 7) is 1.88. The zero-order valence-corrected chi connectivity index (χ0v) is 9.75. The second-order valence-electron chi connectivity index (χ2n) is 3.50. The van der Waals surface area contributed by atoms with Crippen LogP contribution >= 0.6 is 12.2 Å². The number of hydrogen-bond donors (Lipinski definition) is 1. The molecule has 0 saturated carbocycles. The Kier molecular flexibility index (Phi) is 3.06. The Labute approximate surface area is 101 Å². The first kappa shape index (κ1) is 11.9. The Hall–Kier alpha value is -1.56. The minimum atomic E-state index is -1.48. The molecule has 2 aromatic rings. The molecule has 1 N–H and O–H groups in total. The van der Waals surface area contributed by atoms with E-state index in [1.807, 2.05) is 6.92 Å². The molecule has 1 aromatic heterocycles. The zero-order chi connectivity index (χ0) is 12.6. The van der Waals surface area contributed by atoms with Crippen LogP contribution in [0.5, 0.6) is 0 Å². The number of rotatable bonds is 2. The van der Waals surface area contributed by atoms with Gasteiger partial charge in [-0.25, -0.2) is 13.2 Å². The molecule has 1 heterocycles. The average molecular weight is 258 g/mol. The van der Waals surface area contributed by atoms with Gasteiger partial charge in [-0.05, 0) is 18.6 Å². The van der Waals surface area contributed by atoms with Crippen molar-refractivity contribution in [3.8, 4) is 5.69 Å². The van der Waals surface area contributed by atoms with Crippen LogP contribution in [0.4, 0.5) is 13.2 Å². The number of hydrogen-bond acceptors (Lipinski definition) is 1. The van der Waals surface area contributed by atoms with E-state index in [4.69, 9.17) is 12.2 Å². The third-order valence-corrected chi connectivity index (χ3v) is 2.74. The highest BCUT2D eigenvalue weighted by atomic mass is 32.1. The second-order valence-corrected chi connectivity index (χ2v) is 3.88. The predicted octanol–water partition coefficient (Wildman–Crippen LogP) is 3.51. The van der Waals surface area contributed by atoms with Crippen LogP contribution in [0, 0.1) is 22.2 Å². The molecule has 0 aliphatic heterocycles. The van der Waals surface area contributed by atoms with Crippen LogP contribution in [-0.2, 0) is 6.42 Å². The maximum Gasteiger partial charge on any atom is 0.194 e. The maximum atomic E-state index is 13.1. The first-order valence-corrected chi connectivity index (χ1v) is 5.39. The lowest BCUT2D eigenvalue weighted by atomic mass is 10.2. The normalized spacial score (nSPS) is 10.8. The summed E-state index contributed by atoms with van der Waals surface area (Å²) in [4.78, 5) is 2.78. The van der Waals surface area contributed by atoms with E-state index in [0.29, 0.717) is 11.2 Å². The van der Waals surface area contributed by atoms with E-state index in [2.05, 4.69) is 4.98 Å². The van der Waals surface area contributed by atoms with E-state index >= 15 is 0 Å². The van der Waals surface area contributed by atoms with Crippen molar-refractivity contribution < 1.29 is 13.2 Å². The fourth-order valence-electron chi connectivity index (χ4n) is 1.62. The molecule has 2 nitrogen and oxygen atoms in total. The molecule has 1 aromatic carbocycles. The van der Waals surface area contributed by atoms with Gasteiger partial charge >= 0.3 is 0 Å². The number of nitrogens with zero attached hydrogens (tertiary/aromatic N) is 1. The smallest absolute Gasteiger partial charge is 0.194 e. The molecule has 6 heteroatoms. The molecule has 2 rings (SSSR count). The minimum Gasteiger partial charge on any atom is -0.337 e. The fourth-order valence-corrected chi connectivity index (χ4v) is 1.90. The molecule has 0 bridgehead atoms. The monoisotopic (exact) mass is 258 g/mol. The van der Waals surface area contributed by atoms with Crippen molar-refractivity contribution in [1.82, 2.24) is 9.55 Å². The molecule has 0 fully saturated rings. The fraction of sp³-hybridized carbons (Fsp3) is 0.182. The predicted molar refractivity (Wildman–Crippen MR) is 60.2 cm³/mol. The van der Waals surface area contributed by atoms with Crippen LogP contribution < -0.4 is 0 Å². The first-order valence-electron chi connectivity index (χ1n) is 4.98. The lowest BCUT2D eigenvalue weighted by molar-refractivity contribution is 0.446. The van der Waals surface area contributed by atoms with E-state index in [0.717, 1.165) is 17.8 Å². The molecular formula is C11H9F3N2S. The summed E-state index contributed by atoms with van der Waals surface area (Å²) in [6, 6.07) is 1.84. The number of aromatic nitrogens is 2. The Bertz CT molecular complexity index is 592. The van der Waals surface area contributed by atoms with Crippen LogP contribution in [0.2, 0.25) is 0 Å². The number of aromatic amines is 1. The number of H-pyrrole nitrogens is 1. The number of aryl methyl sites for hydroxylation is 1. The largest absolute Gasteiger partial charge is 0.337 e. The Balaban J connectivity index is 2.69. The maximum absolute atomic E-state index is 13.1. The molecule has 0 radical (unpaired) electrons. The number of benzene rings is 1. The van der Waals surface area contributed by atoms with Crippen LogP contribution in [0.15, 0.2) is 18.3 Å². The van der Waals surface area contributed by atoms with Gasteiger partial charge in [-0.1, -0.05) is 6.92 Å². The van der Waals surface area contributed by atoms with Crippen LogP contribution in [0.1, 0.15) is 12.6 Å². The van der Waals surface area contributed by atoms with Gasteiger partial charge in [0.05, 0.1) is 5.69 Å². The third kappa shape index (κ3) is 2.00. The highest BCUT2D eigenvalue weighted by Gasteiger charge is 2.13. The van der Waals surface area contributed by atoms with E-state index in [1.54, 1.807) is 6.20 Å². The van der Waals surface area contributed by atoms with Gasteiger partial charge in [-0.15, -0.1) is 0 Å². The molecule has 17 heavy (non-hydrogen) atoms. The molecule has 0 spiro atoms. The first-order chi connectivity index (χ1) is 8.04.